The standard InChI is InChI=1S/C14H13BrClN3O3S/c1-2-22-12(20)5-10-7-23-14(18-10)19-17-6-8-3-9(16)4-11(15)13(8)21/h3-4,6-7,21H,2,5H2,1H3,(H,18,19). The molecule has 1 heterocycles. The molecule has 1 aromatic carbocycles. The van der Waals surface area contributed by atoms with E-state index in [2.05, 4.69) is 31.4 Å². The van der Waals surface area contributed by atoms with E-state index in [1.165, 1.54) is 17.6 Å². The third-order valence-corrected chi connectivity index (χ3v) is 4.22. The number of hydrogen-bond acceptors (Lipinski definition) is 7. The number of halogens is 2. The number of hydrazone groups is 1. The number of phenolic OH excluding ortho intramolecular Hbond substituents is 1. The van der Waals surface area contributed by atoms with Crippen molar-refractivity contribution in [3.05, 3.63) is 38.3 Å². The van der Waals surface area contributed by atoms with Crippen LogP contribution in [0.25, 0.3) is 0 Å². The van der Waals surface area contributed by atoms with Gasteiger partial charge in [0.2, 0.25) is 5.13 Å². The Kier molecular flexibility index (Phi) is 6.37. The number of phenols is 1. The van der Waals surface area contributed by atoms with Crippen molar-refractivity contribution >= 4 is 56.2 Å². The SMILES string of the molecule is CCOC(=O)Cc1csc(NN=Cc2cc(Cl)cc(Br)c2O)n1. The van der Waals surface area contributed by atoms with Crippen molar-refractivity contribution in [2.75, 3.05) is 12.0 Å². The van der Waals surface area contributed by atoms with Crippen molar-refractivity contribution in [2.45, 2.75) is 13.3 Å². The summed E-state index contributed by atoms with van der Waals surface area (Å²) in [7, 11) is 0. The Balaban J connectivity index is 1.99. The number of carbonyl (C=O) groups excluding carboxylic acids is 1. The number of rotatable bonds is 6. The molecule has 2 rings (SSSR count). The predicted octanol–water partition coefficient (Wildman–Crippen LogP) is 3.82. The molecule has 9 heteroatoms. The largest absolute Gasteiger partial charge is 0.506 e. The molecule has 1 aromatic heterocycles. The van der Waals surface area contributed by atoms with Crippen molar-refractivity contribution in [1.29, 1.82) is 0 Å². The average molecular weight is 419 g/mol. The minimum Gasteiger partial charge on any atom is -0.506 e. The van der Waals surface area contributed by atoms with Crippen molar-refractivity contribution in [3.63, 3.8) is 0 Å². The quantitative estimate of drug-likeness (QED) is 0.423. The summed E-state index contributed by atoms with van der Waals surface area (Å²) in [5, 5.41) is 16.6. The van der Waals surface area contributed by atoms with Gasteiger partial charge in [-0.15, -0.1) is 11.3 Å². The fraction of sp³-hybridized carbons (Fsp3) is 0.214. The molecule has 0 saturated carbocycles. The second kappa shape index (κ2) is 8.28. The van der Waals surface area contributed by atoms with Crippen molar-refractivity contribution in [2.24, 2.45) is 5.10 Å². The monoisotopic (exact) mass is 417 g/mol. The Morgan fingerprint density at radius 1 is 1.61 bits per heavy atom. The van der Waals surface area contributed by atoms with Crippen LogP contribution in [0.4, 0.5) is 5.13 Å². The maximum absolute atomic E-state index is 11.4. The number of esters is 1. The average Bonchev–Trinajstić information content (AvgIpc) is 2.91. The summed E-state index contributed by atoms with van der Waals surface area (Å²) in [6.45, 7) is 2.10. The van der Waals surface area contributed by atoms with E-state index in [9.17, 15) is 9.90 Å². The molecule has 2 N–H and O–H groups in total. The highest BCUT2D eigenvalue weighted by molar-refractivity contribution is 9.10. The molecule has 0 atom stereocenters. The molecule has 2 aromatic rings. The highest BCUT2D eigenvalue weighted by Crippen LogP contribution is 2.30. The summed E-state index contributed by atoms with van der Waals surface area (Å²) in [5.74, 6) is -0.274. The van der Waals surface area contributed by atoms with Gasteiger partial charge in [0, 0.05) is 16.0 Å². The molecule has 23 heavy (non-hydrogen) atoms. The van der Waals surface area contributed by atoms with Crippen LogP contribution in [0.15, 0.2) is 27.1 Å². The number of nitrogens with zero attached hydrogens (tertiary/aromatic N) is 2. The fourth-order valence-electron chi connectivity index (χ4n) is 1.64. The van der Waals surface area contributed by atoms with Gasteiger partial charge in [0.15, 0.2) is 0 Å². The van der Waals surface area contributed by atoms with Gasteiger partial charge < -0.3 is 9.84 Å². The smallest absolute Gasteiger partial charge is 0.311 e. The molecule has 122 valence electrons. The molecule has 0 aliphatic carbocycles. The number of anilines is 1. The lowest BCUT2D eigenvalue weighted by atomic mass is 10.2. The molecule has 0 aliphatic rings. The Morgan fingerprint density at radius 3 is 3.13 bits per heavy atom. The molecular weight excluding hydrogens is 406 g/mol. The van der Waals surface area contributed by atoms with Crippen molar-refractivity contribution in [3.8, 4) is 5.75 Å². The van der Waals surface area contributed by atoms with Gasteiger partial charge in [0.1, 0.15) is 5.75 Å². The minimum atomic E-state index is -0.318. The van der Waals surface area contributed by atoms with E-state index in [1.807, 2.05) is 0 Å². The highest BCUT2D eigenvalue weighted by Gasteiger charge is 2.08. The normalized spacial score (nSPS) is 10.9. The number of aromatic hydroxyl groups is 1. The van der Waals surface area contributed by atoms with Crippen LogP contribution in [-0.4, -0.2) is 28.9 Å². The maximum Gasteiger partial charge on any atom is 0.311 e. The summed E-state index contributed by atoms with van der Waals surface area (Å²) in [6.07, 6.45) is 1.55. The van der Waals surface area contributed by atoms with E-state index in [-0.39, 0.29) is 18.1 Å². The molecule has 0 spiro atoms. The number of benzene rings is 1. The summed E-state index contributed by atoms with van der Waals surface area (Å²) in [4.78, 5) is 15.6. The Bertz CT molecular complexity index is 736. The van der Waals surface area contributed by atoms with Crippen LogP contribution in [0.1, 0.15) is 18.2 Å². The van der Waals surface area contributed by atoms with Gasteiger partial charge in [-0.25, -0.2) is 4.98 Å². The van der Waals surface area contributed by atoms with Crippen LogP contribution in [0.5, 0.6) is 5.75 Å². The second-order valence-electron chi connectivity index (χ2n) is 4.32. The zero-order valence-electron chi connectivity index (χ0n) is 12.0. The zero-order valence-corrected chi connectivity index (χ0v) is 15.2. The number of aromatic nitrogens is 1. The number of ether oxygens (including phenoxy) is 1. The van der Waals surface area contributed by atoms with Gasteiger partial charge in [-0.2, -0.15) is 5.10 Å². The number of carbonyl (C=O) groups is 1. The maximum atomic E-state index is 11.4. The number of nitrogens with one attached hydrogen (secondary N) is 1. The first-order chi connectivity index (χ1) is 11.0. The van der Waals surface area contributed by atoms with Crippen LogP contribution >= 0.6 is 38.9 Å². The zero-order chi connectivity index (χ0) is 16.8. The fourth-order valence-corrected chi connectivity index (χ4v) is 3.13. The van der Waals surface area contributed by atoms with E-state index in [0.717, 1.165) is 0 Å². The van der Waals surface area contributed by atoms with E-state index in [1.54, 1.807) is 24.4 Å². The molecule has 0 amide bonds. The third kappa shape index (κ3) is 5.19. The topological polar surface area (TPSA) is 83.8 Å². The lowest BCUT2D eigenvalue weighted by molar-refractivity contribution is -0.142. The number of thiazole rings is 1. The van der Waals surface area contributed by atoms with E-state index < -0.39 is 0 Å². The molecule has 0 aliphatic heterocycles. The lowest BCUT2D eigenvalue weighted by Gasteiger charge is -2.02. The lowest BCUT2D eigenvalue weighted by Crippen LogP contribution is -2.07. The van der Waals surface area contributed by atoms with Crippen LogP contribution in [0, 0.1) is 0 Å². The summed E-state index contributed by atoms with van der Waals surface area (Å²) < 4.78 is 5.34. The van der Waals surface area contributed by atoms with Crippen LogP contribution in [-0.2, 0) is 16.0 Å². The third-order valence-electron chi connectivity index (χ3n) is 2.60. The molecule has 0 fully saturated rings. The van der Waals surface area contributed by atoms with Crippen molar-refractivity contribution < 1.29 is 14.6 Å². The summed E-state index contributed by atoms with van der Waals surface area (Å²) in [6, 6.07) is 3.17. The second-order valence-corrected chi connectivity index (χ2v) is 6.47. The summed E-state index contributed by atoms with van der Waals surface area (Å²) >= 11 is 10.4. The van der Waals surface area contributed by atoms with Gasteiger partial charge in [-0.1, -0.05) is 11.6 Å². The molecular formula is C14H13BrClN3O3S. The molecule has 0 saturated heterocycles. The molecule has 0 bridgehead atoms. The first-order valence-corrected chi connectivity index (χ1v) is 8.61. The Hall–Kier alpha value is -1.64. The number of hydrogen-bond donors (Lipinski definition) is 2. The predicted molar refractivity (Wildman–Crippen MR) is 94.5 cm³/mol. The van der Waals surface area contributed by atoms with E-state index in [0.29, 0.717) is 32.5 Å². The van der Waals surface area contributed by atoms with E-state index >= 15 is 0 Å². The van der Waals surface area contributed by atoms with Crippen molar-refractivity contribution in [1.82, 2.24) is 4.98 Å². The van der Waals surface area contributed by atoms with Gasteiger partial charge in [-0.05, 0) is 35.0 Å². The first kappa shape index (κ1) is 17.7. The highest BCUT2D eigenvalue weighted by atomic mass is 79.9. The first-order valence-electron chi connectivity index (χ1n) is 6.56. The molecule has 0 radical (unpaired) electrons. The van der Waals surface area contributed by atoms with Crippen LogP contribution in [0.3, 0.4) is 0 Å². The van der Waals surface area contributed by atoms with Gasteiger partial charge in [0.05, 0.1) is 29.4 Å². The minimum absolute atomic E-state index is 0.0436. The van der Waals surface area contributed by atoms with Gasteiger partial charge in [0.25, 0.3) is 0 Å². The molecule has 0 unspecified atom stereocenters. The van der Waals surface area contributed by atoms with Crippen LogP contribution in [0.2, 0.25) is 5.02 Å². The van der Waals surface area contributed by atoms with E-state index in [4.69, 9.17) is 16.3 Å². The summed E-state index contributed by atoms with van der Waals surface area (Å²) in [5.41, 5.74) is 3.81. The Morgan fingerprint density at radius 2 is 2.39 bits per heavy atom. The van der Waals surface area contributed by atoms with Gasteiger partial charge in [-0.3, -0.25) is 10.2 Å². The van der Waals surface area contributed by atoms with Crippen LogP contribution < -0.4 is 5.43 Å². The molecule has 6 nitrogen and oxygen atoms in total. The van der Waals surface area contributed by atoms with Gasteiger partial charge >= 0.3 is 5.97 Å². The Labute approximate surface area is 150 Å².